The van der Waals surface area contributed by atoms with E-state index in [1.807, 2.05) is 30.5 Å². The molecule has 0 aliphatic heterocycles. The lowest BCUT2D eigenvalue weighted by Gasteiger charge is -2.19. The largest absolute Gasteiger partial charge is 0.497 e. The van der Waals surface area contributed by atoms with Crippen LogP contribution in [0.5, 0.6) is 5.75 Å². The fraction of sp³-hybridized carbons (Fsp3) is 0.261. The molecule has 0 saturated heterocycles. The number of amides is 1. The summed E-state index contributed by atoms with van der Waals surface area (Å²) in [6.07, 6.45) is 6.37. The van der Waals surface area contributed by atoms with Crippen molar-refractivity contribution >= 4 is 16.8 Å². The van der Waals surface area contributed by atoms with Crippen LogP contribution in [0.4, 0.5) is 0 Å². The van der Waals surface area contributed by atoms with Crippen molar-refractivity contribution in [3.05, 3.63) is 78.5 Å². The van der Waals surface area contributed by atoms with Crippen LogP contribution in [0.3, 0.4) is 0 Å². The molecule has 30 heavy (non-hydrogen) atoms. The fourth-order valence-electron chi connectivity index (χ4n) is 3.68. The number of carbonyl (C=O) groups is 1. The predicted molar refractivity (Wildman–Crippen MR) is 115 cm³/mol. The number of ether oxygens (including phenoxy) is 1. The van der Waals surface area contributed by atoms with Crippen molar-refractivity contribution in [2.24, 2.45) is 0 Å². The summed E-state index contributed by atoms with van der Waals surface area (Å²) in [5, 5.41) is 8.34. The number of nitrogens with one attached hydrogen (secondary N) is 2. The highest BCUT2D eigenvalue weighted by molar-refractivity contribution is 5.84. The number of hydrogen-bond donors (Lipinski definition) is 2. The van der Waals surface area contributed by atoms with Crippen LogP contribution in [-0.2, 0) is 11.3 Å². The van der Waals surface area contributed by atoms with Gasteiger partial charge in [-0.05, 0) is 35.7 Å². The number of nitrogens with zero attached hydrogens (tertiary/aromatic N) is 3. The average molecular weight is 403 g/mol. The highest BCUT2D eigenvalue weighted by atomic mass is 16.5. The van der Waals surface area contributed by atoms with Gasteiger partial charge < -0.3 is 15.0 Å². The van der Waals surface area contributed by atoms with E-state index in [1.165, 1.54) is 17.3 Å². The molecule has 1 amide bonds. The Morgan fingerprint density at radius 1 is 1.20 bits per heavy atom. The summed E-state index contributed by atoms with van der Waals surface area (Å²) in [6.45, 7) is 1.20. The number of benzene rings is 2. The van der Waals surface area contributed by atoms with E-state index < -0.39 is 0 Å². The molecule has 1 atom stereocenters. The number of carbonyl (C=O) groups excluding carboxylic acids is 1. The Labute approximate surface area is 175 Å². The number of fused-ring (bicyclic) bond motifs is 1. The molecule has 2 N–H and O–H groups in total. The molecule has 154 valence electrons. The van der Waals surface area contributed by atoms with E-state index in [1.54, 1.807) is 18.1 Å². The summed E-state index contributed by atoms with van der Waals surface area (Å²) >= 11 is 0. The summed E-state index contributed by atoms with van der Waals surface area (Å²) in [5.41, 5.74) is 3.38. The molecule has 0 radical (unpaired) electrons. The molecule has 4 aromatic rings. The van der Waals surface area contributed by atoms with E-state index in [-0.39, 0.29) is 11.8 Å². The van der Waals surface area contributed by atoms with E-state index in [0.29, 0.717) is 19.5 Å². The molecule has 2 aromatic carbocycles. The number of aryl methyl sites for hydroxylation is 1. The lowest BCUT2D eigenvalue weighted by molar-refractivity contribution is -0.121. The van der Waals surface area contributed by atoms with Crippen molar-refractivity contribution < 1.29 is 9.53 Å². The van der Waals surface area contributed by atoms with E-state index in [4.69, 9.17) is 4.74 Å². The summed E-state index contributed by atoms with van der Waals surface area (Å²) in [7, 11) is 1.66. The first-order valence-corrected chi connectivity index (χ1v) is 10.0. The molecule has 2 aromatic heterocycles. The Hall–Kier alpha value is -3.61. The van der Waals surface area contributed by atoms with Crippen LogP contribution in [-0.4, -0.2) is 39.3 Å². The molecule has 4 rings (SSSR count). The quantitative estimate of drug-likeness (QED) is 0.448. The molecule has 2 heterocycles. The van der Waals surface area contributed by atoms with E-state index >= 15 is 0 Å². The highest BCUT2D eigenvalue weighted by Crippen LogP contribution is 2.31. The first-order chi connectivity index (χ1) is 14.7. The number of methoxy groups -OCH3 is 1. The molecule has 0 bridgehead atoms. The third-order valence-electron chi connectivity index (χ3n) is 5.28. The van der Waals surface area contributed by atoms with Gasteiger partial charge in [0, 0.05) is 42.5 Å². The Morgan fingerprint density at radius 3 is 2.80 bits per heavy atom. The fourth-order valence-corrected chi connectivity index (χ4v) is 3.68. The molecule has 7 nitrogen and oxygen atoms in total. The molecular weight excluding hydrogens is 378 g/mol. The lowest BCUT2D eigenvalue weighted by Crippen LogP contribution is -2.28. The van der Waals surface area contributed by atoms with Gasteiger partial charge in [-0.15, -0.1) is 0 Å². The van der Waals surface area contributed by atoms with Gasteiger partial charge in [0.05, 0.1) is 7.11 Å². The standard InChI is InChI=1S/C23H25N5O2/c1-30-18-10-8-17(9-11-18)20(21-14-25-22-6-3-2-5-19(21)22)13-26-23(29)7-4-12-28-16-24-15-27-28/h2-3,5-6,8-11,14-16,20,25H,4,7,12-13H2,1H3,(H,26,29). The topological polar surface area (TPSA) is 84.8 Å². The summed E-state index contributed by atoms with van der Waals surface area (Å²) in [6, 6.07) is 16.2. The maximum absolute atomic E-state index is 12.5. The van der Waals surface area contributed by atoms with Gasteiger partial charge in [0.15, 0.2) is 0 Å². The van der Waals surface area contributed by atoms with Gasteiger partial charge in [-0.2, -0.15) is 5.10 Å². The minimum atomic E-state index is 0.0336. The maximum Gasteiger partial charge on any atom is 0.220 e. The monoisotopic (exact) mass is 403 g/mol. The van der Waals surface area contributed by atoms with E-state index in [2.05, 4.69) is 44.6 Å². The summed E-state index contributed by atoms with van der Waals surface area (Å²) < 4.78 is 7.03. The van der Waals surface area contributed by atoms with Crippen molar-refractivity contribution in [1.29, 1.82) is 0 Å². The molecule has 0 aliphatic carbocycles. The minimum Gasteiger partial charge on any atom is -0.497 e. The molecule has 0 aliphatic rings. The highest BCUT2D eigenvalue weighted by Gasteiger charge is 2.19. The van der Waals surface area contributed by atoms with Crippen molar-refractivity contribution in [2.45, 2.75) is 25.3 Å². The number of aromatic amines is 1. The van der Waals surface area contributed by atoms with E-state index in [9.17, 15) is 4.79 Å². The van der Waals surface area contributed by atoms with Crippen LogP contribution in [0.1, 0.15) is 29.9 Å². The average Bonchev–Trinajstić information content (AvgIpc) is 3.45. The van der Waals surface area contributed by atoms with Gasteiger partial charge in [0.1, 0.15) is 18.4 Å². The number of rotatable bonds is 9. The van der Waals surface area contributed by atoms with Gasteiger partial charge in [-0.25, -0.2) is 4.98 Å². The summed E-state index contributed by atoms with van der Waals surface area (Å²) in [4.78, 5) is 19.7. The number of aromatic nitrogens is 4. The van der Waals surface area contributed by atoms with Crippen molar-refractivity contribution in [1.82, 2.24) is 25.1 Å². The van der Waals surface area contributed by atoms with Gasteiger partial charge in [0.25, 0.3) is 0 Å². The van der Waals surface area contributed by atoms with Crippen molar-refractivity contribution in [3.8, 4) is 5.75 Å². The SMILES string of the molecule is COc1ccc(C(CNC(=O)CCCn2cncn2)c2c[nH]c3ccccc23)cc1. The summed E-state index contributed by atoms with van der Waals surface area (Å²) in [5.74, 6) is 0.883. The predicted octanol–water partition coefficient (Wildman–Crippen LogP) is 3.50. The smallest absolute Gasteiger partial charge is 0.220 e. The molecule has 0 fully saturated rings. The Morgan fingerprint density at radius 2 is 2.03 bits per heavy atom. The second-order valence-corrected chi connectivity index (χ2v) is 7.18. The van der Waals surface area contributed by atoms with Crippen LogP contribution >= 0.6 is 0 Å². The Bertz CT molecular complexity index is 1090. The van der Waals surface area contributed by atoms with Crippen LogP contribution in [0.25, 0.3) is 10.9 Å². The normalized spacial score (nSPS) is 12.0. The minimum absolute atomic E-state index is 0.0336. The van der Waals surface area contributed by atoms with Crippen molar-refractivity contribution in [3.63, 3.8) is 0 Å². The third kappa shape index (κ3) is 4.51. The first-order valence-electron chi connectivity index (χ1n) is 10.0. The number of H-pyrrole nitrogens is 1. The second kappa shape index (κ2) is 9.26. The third-order valence-corrected chi connectivity index (χ3v) is 5.28. The van der Waals surface area contributed by atoms with Crippen LogP contribution in [0.15, 0.2) is 67.4 Å². The Kier molecular flexibility index (Phi) is 6.08. The van der Waals surface area contributed by atoms with Gasteiger partial charge in [-0.1, -0.05) is 30.3 Å². The van der Waals surface area contributed by atoms with Crippen molar-refractivity contribution in [2.75, 3.05) is 13.7 Å². The molecule has 0 saturated carbocycles. The lowest BCUT2D eigenvalue weighted by atomic mass is 9.90. The Balaban J connectivity index is 1.48. The second-order valence-electron chi connectivity index (χ2n) is 7.18. The first kappa shape index (κ1) is 19.7. The zero-order valence-corrected chi connectivity index (χ0v) is 16.9. The zero-order valence-electron chi connectivity index (χ0n) is 16.9. The number of hydrogen-bond acceptors (Lipinski definition) is 4. The maximum atomic E-state index is 12.5. The van der Waals surface area contributed by atoms with Gasteiger partial charge in [0.2, 0.25) is 5.91 Å². The molecule has 1 unspecified atom stereocenters. The van der Waals surface area contributed by atoms with E-state index in [0.717, 1.165) is 23.3 Å². The zero-order chi connectivity index (χ0) is 20.8. The van der Waals surface area contributed by atoms with Gasteiger partial charge in [-0.3, -0.25) is 9.48 Å². The van der Waals surface area contributed by atoms with Crippen LogP contribution < -0.4 is 10.1 Å². The number of para-hydroxylation sites is 1. The van der Waals surface area contributed by atoms with Crippen LogP contribution in [0, 0.1) is 0 Å². The van der Waals surface area contributed by atoms with Gasteiger partial charge >= 0.3 is 0 Å². The molecule has 7 heteroatoms. The molecule has 0 spiro atoms. The molecular formula is C23H25N5O2. The van der Waals surface area contributed by atoms with Crippen LogP contribution in [0.2, 0.25) is 0 Å².